The van der Waals surface area contributed by atoms with Crippen LogP contribution >= 0.6 is 11.6 Å². The van der Waals surface area contributed by atoms with Gasteiger partial charge in [0.2, 0.25) is 0 Å². The molecule has 5 heteroatoms. The summed E-state index contributed by atoms with van der Waals surface area (Å²) in [5.74, 6) is 0.0603. The average Bonchev–Trinajstić information content (AvgIpc) is 3.03. The van der Waals surface area contributed by atoms with Crippen molar-refractivity contribution in [3.8, 4) is 0 Å². The number of likely N-dealkylation sites (N-methyl/N-ethyl adjacent to an activating group) is 1. The van der Waals surface area contributed by atoms with E-state index in [1.165, 1.54) is 0 Å². The molecule has 1 saturated heterocycles. The Morgan fingerprint density at radius 2 is 2.32 bits per heavy atom. The van der Waals surface area contributed by atoms with Crippen molar-refractivity contribution in [2.75, 3.05) is 20.1 Å². The molecule has 2 heterocycles. The van der Waals surface area contributed by atoms with Crippen molar-refractivity contribution < 1.29 is 4.79 Å². The number of halogens is 1. The molecular weight excluding hydrogens is 262 g/mol. The van der Waals surface area contributed by atoms with Gasteiger partial charge in [-0.15, -0.1) is 0 Å². The number of H-pyrrole nitrogens is 1. The fourth-order valence-corrected chi connectivity index (χ4v) is 2.75. The zero-order chi connectivity index (χ0) is 13.4. The molecule has 1 amide bonds. The highest BCUT2D eigenvalue weighted by atomic mass is 35.5. The predicted octanol–water partition coefficient (Wildman–Crippen LogP) is 2.26. The number of hydrogen-bond donors (Lipinski definition) is 2. The van der Waals surface area contributed by atoms with Gasteiger partial charge in [-0.1, -0.05) is 11.6 Å². The minimum absolute atomic E-state index is 0.0603. The second-order valence-electron chi connectivity index (χ2n) is 4.94. The van der Waals surface area contributed by atoms with Gasteiger partial charge in [0.1, 0.15) is 5.69 Å². The van der Waals surface area contributed by atoms with Crippen molar-refractivity contribution in [1.82, 2.24) is 15.2 Å². The lowest BCUT2D eigenvalue weighted by Gasteiger charge is -2.15. The Labute approximate surface area is 116 Å². The molecular formula is C14H16ClN3O. The van der Waals surface area contributed by atoms with Gasteiger partial charge in [0.25, 0.3) is 5.91 Å². The molecule has 2 aromatic rings. The molecule has 0 unspecified atom stereocenters. The topological polar surface area (TPSA) is 48.1 Å². The Morgan fingerprint density at radius 3 is 3.05 bits per heavy atom. The summed E-state index contributed by atoms with van der Waals surface area (Å²) in [5.41, 5.74) is 1.58. The number of fused-ring (bicyclic) bond motifs is 1. The lowest BCUT2D eigenvalue weighted by Crippen LogP contribution is -2.33. The minimum atomic E-state index is 0.0603. The maximum Gasteiger partial charge on any atom is 0.270 e. The van der Waals surface area contributed by atoms with Gasteiger partial charge >= 0.3 is 0 Å². The van der Waals surface area contributed by atoms with Gasteiger partial charge in [-0.05, 0) is 37.7 Å². The van der Waals surface area contributed by atoms with Crippen LogP contribution in [0.4, 0.5) is 0 Å². The van der Waals surface area contributed by atoms with Crippen LogP contribution in [0, 0.1) is 0 Å². The SMILES string of the molecule is CN[C@@H]1CCN(C(=O)c2cc3cc(Cl)ccc3[nH]2)C1. The molecule has 3 rings (SSSR count). The van der Waals surface area contributed by atoms with Crippen LogP contribution in [0.3, 0.4) is 0 Å². The van der Waals surface area contributed by atoms with E-state index in [1.807, 2.05) is 36.2 Å². The van der Waals surface area contributed by atoms with Gasteiger partial charge in [-0.2, -0.15) is 0 Å². The van der Waals surface area contributed by atoms with Crippen LogP contribution in [0.2, 0.25) is 5.02 Å². The van der Waals surface area contributed by atoms with Crippen LogP contribution in [0.25, 0.3) is 10.9 Å². The first-order chi connectivity index (χ1) is 9.17. The molecule has 1 aliphatic rings. The second kappa shape index (κ2) is 4.87. The molecule has 1 aromatic heterocycles. The molecule has 0 aliphatic carbocycles. The number of carbonyl (C=O) groups excluding carboxylic acids is 1. The van der Waals surface area contributed by atoms with Gasteiger partial charge in [0.05, 0.1) is 0 Å². The van der Waals surface area contributed by atoms with Gasteiger partial charge < -0.3 is 15.2 Å². The highest BCUT2D eigenvalue weighted by Crippen LogP contribution is 2.21. The first-order valence-electron chi connectivity index (χ1n) is 6.42. The first kappa shape index (κ1) is 12.5. The van der Waals surface area contributed by atoms with E-state index in [0.717, 1.165) is 30.4 Å². The summed E-state index contributed by atoms with van der Waals surface area (Å²) in [6.45, 7) is 1.58. The summed E-state index contributed by atoms with van der Waals surface area (Å²) in [6, 6.07) is 7.86. The summed E-state index contributed by atoms with van der Waals surface area (Å²) in [6.07, 6.45) is 1.01. The van der Waals surface area contributed by atoms with E-state index in [-0.39, 0.29) is 5.91 Å². The molecule has 0 radical (unpaired) electrons. The fraction of sp³-hybridized carbons (Fsp3) is 0.357. The summed E-state index contributed by atoms with van der Waals surface area (Å²) in [7, 11) is 1.93. The smallest absolute Gasteiger partial charge is 0.270 e. The predicted molar refractivity (Wildman–Crippen MR) is 76.7 cm³/mol. The molecule has 0 bridgehead atoms. The minimum Gasteiger partial charge on any atom is -0.351 e. The quantitative estimate of drug-likeness (QED) is 0.885. The Balaban J connectivity index is 1.86. The summed E-state index contributed by atoms with van der Waals surface area (Å²) < 4.78 is 0. The molecule has 0 saturated carbocycles. The van der Waals surface area contributed by atoms with E-state index >= 15 is 0 Å². The van der Waals surface area contributed by atoms with Crippen LogP contribution in [0.15, 0.2) is 24.3 Å². The number of nitrogens with zero attached hydrogens (tertiary/aromatic N) is 1. The number of nitrogens with one attached hydrogen (secondary N) is 2. The number of amides is 1. The Hall–Kier alpha value is -1.52. The lowest BCUT2D eigenvalue weighted by atomic mass is 10.2. The second-order valence-corrected chi connectivity index (χ2v) is 5.38. The number of carbonyl (C=O) groups is 1. The molecule has 0 spiro atoms. The lowest BCUT2D eigenvalue weighted by molar-refractivity contribution is 0.0785. The zero-order valence-corrected chi connectivity index (χ0v) is 11.5. The number of likely N-dealkylation sites (tertiary alicyclic amines) is 1. The van der Waals surface area contributed by atoms with E-state index in [2.05, 4.69) is 10.3 Å². The van der Waals surface area contributed by atoms with Crippen molar-refractivity contribution >= 4 is 28.4 Å². The number of benzene rings is 1. The number of rotatable bonds is 2. The van der Waals surface area contributed by atoms with E-state index in [1.54, 1.807) is 0 Å². The third kappa shape index (κ3) is 2.33. The maximum absolute atomic E-state index is 12.4. The largest absolute Gasteiger partial charge is 0.351 e. The fourth-order valence-electron chi connectivity index (χ4n) is 2.57. The molecule has 2 N–H and O–H groups in total. The average molecular weight is 278 g/mol. The zero-order valence-electron chi connectivity index (χ0n) is 10.7. The third-order valence-corrected chi connectivity index (χ3v) is 3.93. The molecule has 1 fully saturated rings. The molecule has 4 nitrogen and oxygen atoms in total. The maximum atomic E-state index is 12.4. The van der Waals surface area contributed by atoms with E-state index in [9.17, 15) is 4.79 Å². The number of aromatic nitrogens is 1. The number of aromatic amines is 1. The van der Waals surface area contributed by atoms with Crippen LogP contribution in [0.1, 0.15) is 16.9 Å². The molecule has 1 atom stereocenters. The van der Waals surface area contributed by atoms with Crippen molar-refractivity contribution in [3.05, 3.63) is 35.0 Å². The Morgan fingerprint density at radius 1 is 1.47 bits per heavy atom. The van der Waals surface area contributed by atoms with Crippen molar-refractivity contribution in [2.45, 2.75) is 12.5 Å². The molecule has 1 aliphatic heterocycles. The van der Waals surface area contributed by atoms with Gasteiger partial charge in [-0.25, -0.2) is 0 Å². The summed E-state index contributed by atoms with van der Waals surface area (Å²) in [4.78, 5) is 17.4. The van der Waals surface area contributed by atoms with Crippen LogP contribution in [-0.4, -0.2) is 42.0 Å². The molecule has 1 aromatic carbocycles. The van der Waals surface area contributed by atoms with Crippen LogP contribution < -0.4 is 5.32 Å². The monoisotopic (exact) mass is 277 g/mol. The molecule has 19 heavy (non-hydrogen) atoms. The van der Waals surface area contributed by atoms with Crippen LogP contribution in [-0.2, 0) is 0 Å². The van der Waals surface area contributed by atoms with Gasteiger partial charge in [0.15, 0.2) is 0 Å². The number of hydrogen-bond acceptors (Lipinski definition) is 2. The molecule has 100 valence electrons. The van der Waals surface area contributed by atoms with Crippen LogP contribution in [0.5, 0.6) is 0 Å². The van der Waals surface area contributed by atoms with E-state index < -0.39 is 0 Å². The summed E-state index contributed by atoms with van der Waals surface area (Å²) in [5, 5.41) is 4.87. The highest BCUT2D eigenvalue weighted by Gasteiger charge is 2.26. The van der Waals surface area contributed by atoms with Gasteiger partial charge in [-0.3, -0.25) is 4.79 Å². The standard InChI is InChI=1S/C14H16ClN3O/c1-16-11-4-5-18(8-11)14(19)13-7-9-6-10(15)2-3-12(9)17-13/h2-3,6-7,11,16-17H,4-5,8H2,1H3/t11-/m1/s1. The van der Waals surface area contributed by atoms with E-state index in [4.69, 9.17) is 11.6 Å². The highest BCUT2D eigenvalue weighted by molar-refractivity contribution is 6.31. The van der Waals surface area contributed by atoms with E-state index in [0.29, 0.717) is 16.8 Å². The third-order valence-electron chi connectivity index (χ3n) is 3.70. The Kier molecular flexibility index (Phi) is 3.21. The Bertz CT molecular complexity index is 622. The van der Waals surface area contributed by atoms with Gasteiger partial charge in [0, 0.05) is 35.1 Å². The van der Waals surface area contributed by atoms with Crippen molar-refractivity contribution in [2.24, 2.45) is 0 Å². The summed E-state index contributed by atoms with van der Waals surface area (Å²) >= 11 is 5.96. The first-order valence-corrected chi connectivity index (χ1v) is 6.80. The normalized spacial score (nSPS) is 19.3. The van der Waals surface area contributed by atoms with Crippen molar-refractivity contribution in [1.29, 1.82) is 0 Å². The van der Waals surface area contributed by atoms with Crippen molar-refractivity contribution in [3.63, 3.8) is 0 Å².